The van der Waals surface area contributed by atoms with Crippen molar-refractivity contribution in [2.24, 2.45) is 11.8 Å². The summed E-state index contributed by atoms with van der Waals surface area (Å²) in [6.45, 7) is 2.62. The molecule has 1 unspecified atom stereocenters. The normalized spacial score (nSPS) is 23.6. The van der Waals surface area contributed by atoms with Gasteiger partial charge in [0.25, 0.3) is 0 Å². The molecule has 1 aliphatic carbocycles. The van der Waals surface area contributed by atoms with Crippen molar-refractivity contribution in [3.8, 4) is 0 Å². The molecule has 162 valence electrons. The van der Waals surface area contributed by atoms with Crippen molar-refractivity contribution in [1.29, 1.82) is 0 Å². The average molecular weight is 397 g/mol. The Bertz CT molecular complexity index is 474. The Labute approximate surface area is 170 Å². The lowest BCUT2D eigenvalue weighted by atomic mass is 9.88. The van der Waals surface area contributed by atoms with Crippen LogP contribution in [0.4, 0.5) is 0 Å². The molecule has 0 aromatic rings. The van der Waals surface area contributed by atoms with Crippen molar-refractivity contribution < 1.29 is 24.5 Å². The largest absolute Gasteiger partial charge is 0.392 e. The molecule has 0 amide bonds. The van der Waals surface area contributed by atoms with Gasteiger partial charge in [0, 0.05) is 38.2 Å². The second-order valence-electron chi connectivity index (χ2n) is 8.10. The third-order valence-electron chi connectivity index (χ3n) is 5.70. The molecule has 0 radical (unpaired) electrons. The molecule has 1 aliphatic rings. The quantitative estimate of drug-likeness (QED) is 0.304. The van der Waals surface area contributed by atoms with E-state index in [1.54, 1.807) is 13.2 Å². The van der Waals surface area contributed by atoms with Gasteiger partial charge in [0.1, 0.15) is 11.6 Å². The molecule has 5 nitrogen and oxygen atoms in total. The van der Waals surface area contributed by atoms with Crippen LogP contribution in [0.25, 0.3) is 0 Å². The zero-order valence-corrected chi connectivity index (χ0v) is 17.8. The van der Waals surface area contributed by atoms with Gasteiger partial charge in [-0.3, -0.25) is 9.59 Å². The summed E-state index contributed by atoms with van der Waals surface area (Å²) in [6.07, 6.45) is 12.3. The molecule has 0 aromatic heterocycles. The Morgan fingerprint density at radius 3 is 2.64 bits per heavy atom. The lowest BCUT2D eigenvalue weighted by Crippen LogP contribution is -2.19. The van der Waals surface area contributed by atoms with E-state index in [1.165, 1.54) is 0 Å². The Morgan fingerprint density at radius 1 is 1.18 bits per heavy atom. The van der Waals surface area contributed by atoms with Crippen molar-refractivity contribution in [3.05, 3.63) is 12.2 Å². The van der Waals surface area contributed by atoms with Gasteiger partial charge in [0.2, 0.25) is 0 Å². The number of ether oxygens (including phenoxy) is 1. The van der Waals surface area contributed by atoms with Crippen LogP contribution in [0.1, 0.15) is 84.0 Å². The van der Waals surface area contributed by atoms with Crippen LogP contribution in [0.3, 0.4) is 0 Å². The van der Waals surface area contributed by atoms with Crippen molar-refractivity contribution in [3.63, 3.8) is 0 Å². The number of rotatable bonds is 16. The smallest absolute Gasteiger partial charge is 0.139 e. The summed E-state index contributed by atoms with van der Waals surface area (Å²) >= 11 is 0. The third kappa shape index (κ3) is 9.94. The van der Waals surface area contributed by atoms with E-state index in [0.717, 1.165) is 57.8 Å². The number of hydrogen-bond acceptors (Lipinski definition) is 5. The predicted octanol–water partition coefficient (Wildman–Crippen LogP) is 4.00. The first kappa shape index (κ1) is 25.0. The molecule has 0 aliphatic heterocycles. The SMILES string of the molecule is CCCCC[C@H](O)/C=C/[C@@H]1C(CCCCCCC(=O)CCOC)C(=O)C[C@H]1O. The average Bonchev–Trinajstić information content (AvgIpc) is 2.94. The van der Waals surface area contributed by atoms with E-state index in [2.05, 4.69) is 6.92 Å². The second kappa shape index (κ2) is 14.9. The minimum atomic E-state index is -0.630. The maximum Gasteiger partial charge on any atom is 0.139 e. The standard InChI is InChI=1S/C23H40O5/c1-3-4-7-10-18(24)13-14-21-20(22(26)17-23(21)27)12-9-6-5-8-11-19(25)15-16-28-2/h13-14,18,20-21,23-24,27H,3-12,15-17H2,1-2H3/b14-13+/t18-,20?,21+,23+/m0/s1. The molecule has 1 rings (SSSR count). The fraction of sp³-hybridized carbons (Fsp3) is 0.826. The minimum Gasteiger partial charge on any atom is -0.392 e. The van der Waals surface area contributed by atoms with Gasteiger partial charge in [-0.1, -0.05) is 57.6 Å². The van der Waals surface area contributed by atoms with Gasteiger partial charge < -0.3 is 14.9 Å². The Morgan fingerprint density at radius 2 is 1.93 bits per heavy atom. The molecule has 0 bridgehead atoms. The Hall–Kier alpha value is -1.04. The maximum absolute atomic E-state index is 12.2. The fourth-order valence-electron chi connectivity index (χ4n) is 3.93. The Balaban J connectivity index is 2.31. The van der Waals surface area contributed by atoms with Crippen LogP contribution in [-0.4, -0.2) is 47.7 Å². The number of aliphatic hydroxyl groups is 2. The summed E-state index contributed by atoms with van der Waals surface area (Å²) in [6, 6.07) is 0. The summed E-state index contributed by atoms with van der Waals surface area (Å²) < 4.78 is 4.91. The molecule has 5 heteroatoms. The number of aliphatic hydroxyl groups excluding tert-OH is 2. The molecular weight excluding hydrogens is 356 g/mol. The molecule has 0 saturated heterocycles. The van der Waals surface area contributed by atoms with Gasteiger partial charge in [-0.2, -0.15) is 0 Å². The topological polar surface area (TPSA) is 83.8 Å². The van der Waals surface area contributed by atoms with Gasteiger partial charge in [-0.15, -0.1) is 0 Å². The molecule has 0 aromatic carbocycles. The van der Waals surface area contributed by atoms with Crippen molar-refractivity contribution >= 4 is 11.6 Å². The first-order valence-electron chi connectivity index (χ1n) is 11.1. The van der Waals surface area contributed by atoms with Gasteiger partial charge in [-0.05, 0) is 19.3 Å². The molecule has 2 N–H and O–H groups in total. The predicted molar refractivity (Wildman–Crippen MR) is 111 cm³/mol. The van der Waals surface area contributed by atoms with Crippen LogP contribution < -0.4 is 0 Å². The summed E-state index contributed by atoms with van der Waals surface area (Å²) in [7, 11) is 1.60. The monoisotopic (exact) mass is 396 g/mol. The van der Waals surface area contributed by atoms with Crippen LogP contribution >= 0.6 is 0 Å². The van der Waals surface area contributed by atoms with Gasteiger partial charge in [0.15, 0.2) is 0 Å². The highest BCUT2D eigenvalue weighted by molar-refractivity contribution is 5.84. The maximum atomic E-state index is 12.2. The van der Waals surface area contributed by atoms with Gasteiger partial charge in [-0.25, -0.2) is 0 Å². The van der Waals surface area contributed by atoms with E-state index in [4.69, 9.17) is 4.74 Å². The van der Waals surface area contributed by atoms with E-state index in [9.17, 15) is 19.8 Å². The number of unbranched alkanes of at least 4 members (excludes halogenated alkanes) is 5. The van der Waals surface area contributed by atoms with E-state index in [0.29, 0.717) is 19.4 Å². The van der Waals surface area contributed by atoms with E-state index in [-0.39, 0.29) is 29.8 Å². The highest BCUT2D eigenvalue weighted by atomic mass is 16.5. The van der Waals surface area contributed by atoms with Crippen molar-refractivity contribution in [2.45, 2.75) is 96.2 Å². The summed E-state index contributed by atoms with van der Waals surface area (Å²) in [5.74, 6) is 0.0670. The number of carbonyl (C=O) groups is 2. The number of ketones is 2. The number of hydrogen-bond donors (Lipinski definition) is 2. The lowest BCUT2D eigenvalue weighted by molar-refractivity contribution is -0.121. The first-order chi connectivity index (χ1) is 13.5. The van der Waals surface area contributed by atoms with Crippen LogP contribution in [0.5, 0.6) is 0 Å². The highest BCUT2D eigenvalue weighted by Crippen LogP contribution is 2.34. The molecular formula is C23H40O5. The van der Waals surface area contributed by atoms with E-state index >= 15 is 0 Å². The minimum absolute atomic E-state index is 0.136. The second-order valence-corrected chi connectivity index (χ2v) is 8.10. The molecule has 0 heterocycles. The fourth-order valence-corrected chi connectivity index (χ4v) is 3.93. The van der Waals surface area contributed by atoms with Crippen LogP contribution in [0, 0.1) is 11.8 Å². The van der Waals surface area contributed by atoms with Gasteiger partial charge >= 0.3 is 0 Å². The van der Waals surface area contributed by atoms with Gasteiger partial charge in [0.05, 0.1) is 18.8 Å². The number of Topliss-reactive ketones (excluding diaryl/α,β-unsaturated/α-hetero) is 2. The summed E-state index contributed by atoms with van der Waals surface area (Å²) in [4.78, 5) is 23.8. The van der Waals surface area contributed by atoms with Crippen molar-refractivity contribution in [2.75, 3.05) is 13.7 Å². The number of carbonyl (C=O) groups excluding carboxylic acids is 2. The van der Waals surface area contributed by atoms with Crippen LogP contribution in [0.2, 0.25) is 0 Å². The number of methoxy groups -OCH3 is 1. The molecule has 1 fully saturated rings. The first-order valence-corrected chi connectivity index (χ1v) is 11.1. The van der Waals surface area contributed by atoms with Crippen LogP contribution in [-0.2, 0) is 14.3 Å². The summed E-state index contributed by atoms with van der Waals surface area (Å²) in [5, 5.41) is 20.3. The summed E-state index contributed by atoms with van der Waals surface area (Å²) in [5.41, 5.74) is 0. The molecule has 0 spiro atoms. The van der Waals surface area contributed by atoms with E-state index < -0.39 is 12.2 Å². The molecule has 1 saturated carbocycles. The zero-order chi connectivity index (χ0) is 20.8. The highest BCUT2D eigenvalue weighted by Gasteiger charge is 2.39. The Kier molecular flexibility index (Phi) is 13.3. The molecule has 28 heavy (non-hydrogen) atoms. The zero-order valence-electron chi connectivity index (χ0n) is 17.8. The van der Waals surface area contributed by atoms with E-state index in [1.807, 2.05) is 6.08 Å². The van der Waals surface area contributed by atoms with Crippen LogP contribution in [0.15, 0.2) is 12.2 Å². The third-order valence-corrected chi connectivity index (χ3v) is 5.70. The van der Waals surface area contributed by atoms with Crippen molar-refractivity contribution in [1.82, 2.24) is 0 Å². The molecule has 4 atom stereocenters. The lowest BCUT2D eigenvalue weighted by Gasteiger charge is -2.18.